The third-order valence-corrected chi connectivity index (χ3v) is 6.67. The van der Waals surface area contributed by atoms with Gasteiger partial charge in [0.15, 0.2) is 0 Å². The Kier molecular flexibility index (Phi) is 5.31. The highest BCUT2D eigenvalue weighted by Crippen LogP contribution is 2.39. The van der Waals surface area contributed by atoms with Gasteiger partial charge >= 0.3 is 6.09 Å². The van der Waals surface area contributed by atoms with Gasteiger partial charge in [0, 0.05) is 13.1 Å². The largest absolute Gasteiger partial charge is 0.465 e. The Morgan fingerprint density at radius 1 is 1.07 bits per heavy atom. The quantitative estimate of drug-likeness (QED) is 0.858. The molecule has 0 aromatic heterocycles. The molecule has 2 aliphatic heterocycles. The van der Waals surface area contributed by atoms with Crippen LogP contribution in [0.1, 0.15) is 37.3 Å². The number of benzene rings is 2. The maximum Gasteiger partial charge on any atom is 0.407 e. The van der Waals surface area contributed by atoms with E-state index in [0.717, 1.165) is 30.4 Å². The molecule has 2 amide bonds. The molecule has 2 fully saturated rings. The van der Waals surface area contributed by atoms with Gasteiger partial charge in [-0.3, -0.25) is 4.79 Å². The zero-order chi connectivity index (χ0) is 20.4. The highest BCUT2D eigenvalue weighted by molar-refractivity contribution is 5.90. The van der Waals surface area contributed by atoms with Crippen LogP contribution in [-0.2, 0) is 16.6 Å². The molecule has 0 bridgehead atoms. The lowest BCUT2D eigenvalue weighted by Gasteiger charge is -2.44. The van der Waals surface area contributed by atoms with E-state index in [2.05, 4.69) is 0 Å². The van der Waals surface area contributed by atoms with Crippen LogP contribution in [0.25, 0.3) is 0 Å². The number of carbonyl (C=O) groups excluding carboxylic acids is 1. The first kappa shape index (κ1) is 19.5. The van der Waals surface area contributed by atoms with Crippen LogP contribution in [0, 0.1) is 0 Å². The van der Waals surface area contributed by atoms with Crippen molar-refractivity contribution in [2.75, 3.05) is 13.1 Å². The number of carboxylic acid groups (broad SMARTS) is 1. The SMILES string of the molecule is C[C@@]1(c2ccccc2)CCN(C2CCCN(C(=O)O)C2Cc2ccccc2)C1=O. The molecule has 2 heterocycles. The standard InChI is InChI=1S/C24H28N2O3/c1-24(19-11-6-3-7-12-19)14-16-25(22(24)27)20-13-8-15-26(23(28)29)21(20)17-18-9-4-2-5-10-18/h2-7,9-12,20-21H,8,13-17H2,1H3,(H,28,29)/t20?,21?,24-/m0/s1. The number of hydrogen-bond donors (Lipinski definition) is 1. The summed E-state index contributed by atoms with van der Waals surface area (Å²) in [5, 5.41) is 9.82. The van der Waals surface area contributed by atoms with Crippen molar-refractivity contribution >= 4 is 12.0 Å². The number of hydrogen-bond acceptors (Lipinski definition) is 2. The van der Waals surface area contributed by atoms with Crippen molar-refractivity contribution in [1.29, 1.82) is 0 Å². The molecular weight excluding hydrogens is 364 g/mol. The van der Waals surface area contributed by atoms with E-state index in [0.29, 0.717) is 19.5 Å². The van der Waals surface area contributed by atoms with E-state index in [1.54, 1.807) is 4.90 Å². The van der Waals surface area contributed by atoms with E-state index in [1.807, 2.05) is 72.5 Å². The normalized spacial score (nSPS) is 27.3. The minimum absolute atomic E-state index is 0.0851. The van der Waals surface area contributed by atoms with Crippen LogP contribution in [0.3, 0.4) is 0 Å². The Balaban J connectivity index is 1.63. The molecule has 29 heavy (non-hydrogen) atoms. The monoisotopic (exact) mass is 392 g/mol. The molecule has 0 spiro atoms. The van der Waals surface area contributed by atoms with E-state index >= 15 is 0 Å². The first-order valence-electron chi connectivity index (χ1n) is 10.4. The van der Waals surface area contributed by atoms with E-state index in [-0.39, 0.29) is 18.0 Å². The fraction of sp³-hybridized carbons (Fsp3) is 0.417. The van der Waals surface area contributed by atoms with Gasteiger partial charge in [0.25, 0.3) is 0 Å². The molecule has 0 radical (unpaired) electrons. The summed E-state index contributed by atoms with van der Waals surface area (Å²) in [5.41, 5.74) is 1.61. The summed E-state index contributed by atoms with van der Waals surface area (Å²) in [5.74, 6) is 0.124. The third-order valence-electron chi connectivity index (χ3n) is 6.67. The lowest BCUT2D eigenvalue weighted by molar-refractivity contribution is -0.136. The number of likely N-dealkylation sites (tertiary alicyclic amines) is 2. The highest BCUT2D eigenvalue weighted by Gasteiger charge is 2.49. The molecule has 0 aliphatic carbocycles. The number of rotatable bonds is 4. The van der Waals surface area contributed by atoms with Gasteiger partial charge in [0.1, 0.15) is 0 Å². The molecular formula is C24H28N2O3. The first-order chi connectivity index (χ1) is 14.0. The number of piperidine rings is 1. The third kappa shape index (κ3) is 3.61. The van der Waals surface area contributed by atoms with Crippen molar-refractivity contribution in [3.63, 3.8) is 0 Å². The zero-order valence-corrected chi connectivity index (χ0v) is 16.8. The summed E-state index contributed by atoms with van der Waals surface area (Å²) in [7, 11) is 0. The fourth-order valence-corrected chi connectivity index (χ4v) is 5.00. The van der Waals surface area contributed by atoms with Crippen LogP contribution in [0.15, 0.2) is 60.7 Å². The Morgan fingerprint density at radius 3 is 2.38 bits per heavy atom. The maximum absolute atomic E-state index is 13.6. The predicted octanol–water partition coefficient (Wildman–Crippen LogP) is 3.93. The van der Waals surface area contributed by atoms with E-state index < -0.39 is 11.5 Å². The topological polar surface area (TPSA) is 60.9 Å². The second kappa shape index (κ2) is 7.90. The summed E-state index contributed by atoms with van der Waals surface area (Å²) in [6, 6.07) is 19.6. The van der Waals surface area contributed by atoms with Crippen LogP contribution in [0.5, 0.6) is 0 Å². The Morgan fingerprint density at radius 2 is 1.72 bits per heavy atom. The second-order valence-corrected chi connectivity index (χ2v) is 8.39. The average molecular weight is 392 g/mol. The second-order valence-electron chi connectivity index (χ2n) is 8.39. The summed E-state index contributed by atoms with van der Waals surface area (Å²) in [6.07, 6.45) is 2.13. The lowest BCUT2D eigenvalue weighted by Crippen LogP contribution is -2.58. The van der Waals surface area contributed by atoms with Crippen molar-refractivity contribution in [1.82, 2.24) is 9.80 Å². The van der Waals surface area contributed by atoms with E-state index in [4.69, 9.17) is 0 Å². The molecule has 2 aromatic rings. The summed E-state index contributed by atoms with van der Waals surface area (Å²) in [4.78, 5) is 29.0. The molecule has 2 unspecified atom stereocenters. The highest BCUT2D eigenvalue weighted by atomic mass is 16.4. The van der Waals surface area contributed by atoms with Crippen molar-refractivity contribution in [3.05, 3.63) is 71.8 Å². The van der Waals surface area contributed by atoms with Crippen molar-refractivity contribution in [2.45, 2.75) is 50.1 Å². The van der Waals surface area contributed by atoms with Crippen molar-refractivity contribution < 1.29 is 14.7 Å². The molecule has 5 heteroatoms. The van der Waals surface area contributed by atoms with Gasteiger partial charge in [-0.15, -0.1) is 0 Å². The first-order valence-corrected chi connectivity index (χ1v) is 10.4. The number of nitrogens with zero attached hydrogens (tertiary/aromatic N) is 2. The van der Waals surface area contributed by atoms with Gasteiger partial charge < -0.3 is 14.9 Å². The molecule has 1 N–H and O–H groups in total. The van der Waals surface area contributed by atoms with E-state index in [1.165, 1.54) is 0 Å². The summed E-state index contributed by atoms with van der Waals surface area (Å²) >= 11 is 0. The van der Waals surface area contributed by atoms with Crippen LogP contribution in [0.2, 0.25) is 0 Å². The molecule has 5 nitrogen and oxygen atoms in total. The van der Waals surface area contributed by atoms with Crippen molar-refractivity contribution in [3.8, 4) is 0 Å². The van der Waals surface area contributed by atoms with Gasteiger partial charge in [-0.25, -0.2) is 4.79 Å². The van der Waals surface area contributed by atoms with Crippen molar-refractivity contribution in [2.24, 2.45) is 0 Å². The molecule has 4 rings (SSSR count). The van der Waals surface area contributed by atoms with Gasteiger partial charge in [-0.1, -0.05) is 60.7 Å². The minimum Gasteiger partial charge on any atom is -0.465 e. The lowest BCUT2D eigenvalue weighted by atomic mass is 9.81. The zero-order valence-electron chi connectivity index (χ0n) is 16.8. The Hall–Kier alpha value is -2.82. The average Bonchev–Trinajstić information content (AvgIpc) is 3.05. The van der Waals surface area contributed by atoms with E-state index in [9.17, 15) is 14.7 Å². The van der Waals surface area contributed by atoms with Crippen LogP contribution in [-0.4, -0.2) is 52.1 Å². The molecule has 2 aliphatic rings. The minimum atomic E-state index is -0.895. The molecule has 2 saturated heterocycles. The fourth-order valence-electron chi connectivity index (χ4n) is 5.00. The van der Waals surface area contributed by atoms with Crippen LogP contribution in [0.4, 0.5) is 4.79 Å². The molecule has 152 valence electrons. The Labute approximate surface area is 171 Å². The van der Waals surface area contributed by atoms with Gasteiger partial charge in [0.2, 0.25) is 5.91 Å². The Bertz CT molecular complexity index is 870. The van der Waals surface area contributed by atoms with Crippen LogP contribution < -0.4 is 0 Å². The molecule has 2 aromatic carbocycles. The summed E-state index contributed by atoms with van der Waals surface area (Å²) < 4.78 is 0. The van der Waals surface area contributed by atoms with Gasteiger partial charge in [-0.2, -0.15) is 0 Å². The molecule has 3 atom stereocenters. The van der Waals surface area contributed by atoms with Gasteiger partial charge in [0.05, 0.1) is 17.5 Å². The number of carbonyl (C=O) groups is 2. The predicted molar refractivity (Wildman–Crippen MR) is 112 cm³/mol. The smallest absolute Gasteiger partial charge is 0.407 e. The molecule has 0 saturated carbocycles. The van der Waals surface area contributed by atoms with Gasteiger partial charge in [-0.05, 0) is 43.7 Å². The van der Waals surface area contributed by atoms with Crippen LogP contribution >= 0.6 is 0 Å². The maximum atomic E-state index is 13.6. The summed E-state index contributed by atoms with van der Waals surface area (Å²) in [6.45, 7) is 3.23. The number of amides is 2.